The molecular formula is C11H9FO. The lowest BCUT2D eigenvalue weighted by Gasteiger charge is -2.02. The fourth-order valence-electron chi connectivity index (χ4n) is 1.10. The highest BCUT2D eigenvalue weighted by Gasteiger charge is 2.09. The van der Waals surface area contributed by atoms with Crippen LogP contribution >= 0.6 is 0 Å². The molecule has 1 aromatic rings. The van der Waals surface area contributed by atoms with Crippen LogP contribution < -0.4 is 0 Å². The number of halogens is 1. The van der Waals surface area contributed by atoms with Gasteiger partial charge in [0.15, 0.2) is 5.78 Å². The predicted octanol–water partition coefficient (Wildman–Crippen LogP) is 2.34. The van der Waals surface area contributed by atoms with Crippen molar-refractivity contribution in [1.82, 2.24) is 0 Å². The van der Waals surface area contributed by atoms with Gasteiger partial charge in [-0.25, -0.2) is 4.39 Å². The van der Waals surface area contributed by atoms with Crippen LogP contribution in [0.3, 0.4) is 0 Å². The van der Waals surface area contributed by atoms with E-state index >= 15 is 0 Å². The number of ketones is 1. The summed E-state index contributed by atoms with van der Waals surface area (Å²) in [6.45, 7) is 1.57. The molecule has 0 aliphatic rings. The monoisotopic (exact) mass is 176 g/mol. The van der Waals surface area contributed by atoms with E-state index in [0.717, 1.165) is 0 Å². The van der Waals surface area contributed by atoms with E-state index in [1.165, 1.54) is 12.1 Å². The summed E-state index contributed by atoms with van der Waals surface area (Å²) in [5.41, 5.74) is 0.737. The molecule has 0 bridgehead atoms. The molecule has 66 valence electrons. The molecule has 2 heteroatoms. The van der Waals surface area contributed by atoms with Crippen molar-refractivity contribution < 1.29 is 9.18 Å². The zero-order chi connectivity index (χ0) is 9.84. The van der Waals surface area contributed by atoms with Gasteiger partial charge in [0.25, 0.3) is 0 Å². The van der Waals surface area contributed by atoms with E-state index in [1.54, 1.807) is 13.0 Å². The Morgan fingerprint density at radius 2 is 2.31 bits per heavy atom. The Hall–Kier alpha value is -1.62. The Morgan fingerprint density at radius 1 is 1.62 bits per heavy atom. The third kappa shape index (κ3) is 1.94. The standard InChI is InChI=1S/C11H9FO/c1-3-5-11(13)9-6-4-7-10(12)8(9)2/h1,4,6-7H,5H2,2H3. The first-order valence-electron chi connectivity index (χ1n) is 3.88. The maximum atomic E-state index is 13.0. The Bertz CT molecular complexity index is 374. The second-order valence-electron chi connectivity index (χ2n) is 2.72. The summed E-state index contributed by atoms with van der Waals surface area (Å²) in [7, 11) is 0. The maximum Gasteiger partial charge on any atom is 0.175 e. The molecular weight excluding hydrogens is 167 g/mol. The highest BCUT2D eigenvalue weighted by Crippen LogP contribution is 2.13. The number of benzene rings is 1. The molecule has 0 fully saturated rings. The van der Waals surface area contributed by atoms with E-state index < -0.39 is 0 Å². The van der Waals surface area contributed by atoms with Crippen molar-refractivity contribution in [3.8, 4) is 12.3 Å². The fraction of sp³-hybridized carbons (Fsp3) is 0.182. The van der Waals surface area contributed by atoms with Gasteiger partial charge in [0.1, 0.15) is 5.82 Å². The minimum atomic E-state index is -0.372. The van der Waals surface area contributed by atoms with Gasteiger partial charge in [0.2, 0.25) is 0 Å². The van der Waals surface area contributed by atoms with Gasteiger partial charge >= 0.3 is 0 Å². The minimum absolute atomic E-state index is 0.0181. The Balaban J connectivity index is 3.09. The number of terminal acetylenes is 1. The van der Waals surface area contributed by atoms with Crippen molar-refractivity contribution in [3.05, 3.63) is 35.1 Å². The van der Waals surface area contributed by atoms with Gasteiger partial charge in [0, 0.05) is 5.56 Å². The second kappa shape index (κ2) is 3.86. The molecule has 0 unspecified atom stereocenters. The van der Waals surface area contributed by atoms with Gasteiger partial charge in [-0.1, -0.05) is 18.1 Å². The van der Waals surface area contributed by atoms with Crippen LogP contribution in [-0.4, -0.2) is 5.78 Å². The second-order valence-corrected chi connectivity index (χ2v) is 2.72. The largest absolute Gasteiger partial charge is 0.293 e. The van der Waals surface area contributed by atoms with E-state index in [0.29, 0.717) is 11.1 Å². The molecule has 13 heavy (non-hydrogen) atoms. The van der Waals surface area contributed by atoms with E-state index in [-0.39, 0.29) is 18.0 Å². The zero-order valence-corrected chi connectivity index (χ0v) is 7.30. The molecule has 0 aromatic heterocycles. The molecule has 1 nitrogen and oxygen atoms in total. The molecule has 0 atom stereocenters. The third-order valence-electron chi connectivity index (χ3n) is 1.83. The first kappa shape index (κ1) is 9.47. The average molecular weight is 176 g/mol. The van der Waals surface area contributed by atoms with Crippen molar-refractivity contribution >= 4 is 5.78 Å². The molecule has 0 aliphatic carbocycles. The number of rotatable bonds is 2. The predicted molar refractivity (Wildman–Crippen MR) is 48.9 cm³/mol. The summed E-state index contributed by atoms with van der Waals surface area (Å²) < 4.78 is 13.0. The van der Waals surface area contributed by atoms with Crippen LogP contribution in [0.4, 0.5) is 4.39 Å². The third-order valence-corrected chi connectivity index (χ3v) is 1.83. The topological polar surface area (TPSA) is 17.1 Å². The summed E-state index contributed by atoms with van der Waals surface area (Å²) in [6.07, 6.45) is 5.01. The average Bonchev–Trinajstić information content (AvgIpc) is 2.10. The lowest BCUT2D eigenvalue weighted by molar-refractivity contribution is 0.0997. The van der Waals surface area contributed by atoms with E-state index in [1.807, 2.05) is 0 Å². The van der Waals surface area contributed by atoms with Crippen LogP contribution in [0.2, 0.25) is 0 Å². The summed E-state index contributed by atoms with van der Waals surface area (Å²) >= 11 is 0. The Labute approximate surface area is 76.6 Å². The molecule has 0 aliphatic heterocycles. The van der Waals surface area contributed by atoms with Gasteiger partial charge in [-0.3, -0.25) is 4.79 Å². The van der Waals surface area contributed by atoms with Crippen LogP contribution in [0.15, 0.2) is 18.2 Å². The molecule has 1 aromatic carbocycles. The van der Waals surface area contributed by atoms with Crippen LogP contribution in [-0.2, 0) is 0 Å². The van der Waals surface area contributed by atoms with Crippen LogP contribution in [0.5, 0.6) is 0 Å². The van der Waals surface area contributed by atoms with Crippen molar-refractivity contribution in [2.24, 2.45) is 0 Å². The van der Waals surface area contributed by atoms with Crippen molar-refractivity contribution in [2.75, 3.05) is 0 Å². The molecule has 1 rings (SSSR count). The molecule has 0 spiro atoms. The van der Waals surface area contributed by atoms with E-state index in [9.17, 15) is 9.18 Å². The van der Waals surface area contributed by atoms with Gasteiger partial charge in [-0.05, 0) is 18.6 Å². The number of hydrogen-bond acceptors (Lipinski definition) is 1. The Morgan fingerprint density at radius 3 is 2.92 bits per heavy atom. The first-order valence-corrected chi connectivity index (χ1v) is 3.88. The molecule has 0 amide bonds. The van der Waals surface area contributed by atoms with Crippen LogP contribution in [0, 0.1) is 25.1 Å². The molecule has 0 N–H and O–H groups in total. The van der Waals surface area contributed by atoms with Gasteiger partial charge < -0.3 is 0 Å². The lowest BCUT2D eigenvalue weighted by Crippen LogP contribution is -2.01. The summed E-state index contributed by atoms with van der Waals surface area (Å²) in [4.78, 5) is 11.3. The van der Waals surface area contributed by atoms with E-state index in [4.69, 9.17) is 6.42 Å². The normalized spacial score (nSPS) is 9.31. The van der Waals surface area contributed by atoms with Gasteiger partial charge in [-0.15, -0.1) is 6.42 Å². The summed E-state index contributed by atoms with van der Waals surface area (Å²) in [5, 5.41) is 0. The molecule has 0 heterocycles. The Kier molecular flexibility index (Phi) is 2.81. The first-order chi connectivity index (χ1) is 6.16. The van der Waals surface area contributed by atoms with Crippen LogP contribution in [0.1, 0.15) is 22.3 Å². The van der Waals surface area contributed by atoms with Gasteiger partial charge in [-0.2, -0.15) is 0 Å². The maximum absolute atomic E-state index is 13.0. The van der Waals surface area contributed by atoms with Gasteiger partial charge in [0.05, 0.1) is 6.42 Å². The number of hydrogen-bond donors (Lipinski definition) is 0. The molecule has 0 saturated carbocycles. The zero-order valence-electron chi connectivity index (χ0n) is 7.30. The lowest BCUT2D eigenvalue weighted by atomic mass is 10.0. The molecule has 0 radical (unpaired) electrons. The highest BCUT2D eigenvalue weighted by atomic mass is 19.1. The fourth-order valence-corrected chi connectivity index (χ4v) is 1.10. The smallest absolute Gasteiger partial charge is 0.175 e. The SMILES string of the molecule is C#CCC(=O)c1cccc(F)c1C. The number of Topliss-reactive ketones (excluding diaryl/α,β-unsaturated/α-hetero) is 1. The summed E-state index contributed by atoms with van der Waals surface area (Å²) in [5.74, 6) is 1.66. The van der Waals surface area contributed by atoms with Crippen LogP contribution in [0.25, 0.3) is 0 Å². The van der Waals surface area contributed by atoms with Crippen molar-refractivity contribution in [2.45, 2.75) is 13.3 Å². The minimum Gasteiger partial charge on any atom is -0.293 e. The van der Waals surface area contributed by atoms with Crippen molar-refractivity contribution in [3.63, 3.8) is 0 Å². The quantitative estimate of drug-likeness (QED) is 0.499. The highest BCUT2D eigenvalue weighted by molar-refractivity contribution is 5.98. The summed E-state index contributed by atoms with van der Waals surface area (Å²) in [6, 6.07) is 4.41. The van der Waals surface area contributed by atoms with E-state index in [2.05, 4.69) is 5.92 Å². The van der Waals surface area contributed by atoms with Crippen molar-refractivity contribution in [1.29, 1.82) is 0 Å². The number of carbonyl (C=O) groups excluding carboxylic acids is 1. The number of carbonyl (C=O) groups is 1. The molecule has 0 saturated heterocycles.